The zero-order chi connectivity index (χ0) is 12.1. The second kappa shape index (κ2) is 5.34. The van der Waals surface area contributed by atoms with Crippen molar-refractivity contribution in [2.24, 2.45) is 0 Å². The fourth-order valence-electron chi connectivity index (χ4n) is 1.58. The lowest BCUT2D eigenvalue weighted by molar-refractivity contribution is 0.841. The smallest absolute Gasteiger partial charge is 0.225 e. The van der Waals surface area contributed by atoms with Crippen LogP contribution in [-0.2, 0) is 6.42 Å². The highest BCUT2D eigenvalue weighted by Crippen LogP contribution is 2.08. The van der Waals surface area contributed by atoms with E-state index in [1.807, 2.05) is 20.2 Å². The second-order valence-electron chi connectivity index (χ2n) is 3.90. The normalized spacial score (nSPS) is 10.2. The van der Waals surface area contributed by atoms with E-state index in [-0.39, 0.29) is 0 Å². The zero-order valence-corrected chi connectivity index (χ0v) is 10.1. The number of aromatic nitrogens is 3. The Morgan fingerprint density at radius 3 is 2.65 bits per heavy atom. The van der Waals surface area contributed by atoms with Crippen molar-refractivity contribution in [1.29, 1.82) is 0 Å². The van der Waals surface area contributed by atoms with Crippen molar-refractivity contribution in [3.8, 4) is 0 Å². The van der Waals surface area contributed by atoms with Gasteiger partial charge in [0.25, 0.3) is 0 Å². The van der Waals surface area contributed by atoms with E-state index in [0.29, 0.717) is 5.95 Å². The molecule has 0 bridgehead atoms. The molecule has 0 aliphatic heterocycles. The summed E-state index contributed by atoms with van der Waals surface area (Å²) in [5, 5.41) is 10.9. The minimum absolute atomic E-state index is 0.687. The Morgan fingerprint density at radius 1 is 1.24 bits per heavy atom. The third-order valence-electron chi connectivity index (χ3n) is 2.65. The third-order valence-corrected chi connectivity index (χ3v) is 2.65. The molecule has 0 aliphatic carbocycles. The lowest BCUT2D eigenvalue weighted by Crippen LogP contribution is -2.21. The highest BCUT2D eigenvalue weighted by atomic mass is 15.4. The summed E-state index contributed by atoms with van der Waals surface area (Å²) < 4.78 is 0. The average Bonchev–Trinajstić information content (AvgIpc) is 2.86. The van der Waals surface area contributed by atoms with Crippen molar-refractivity contribution in [3.05, 3.63) is 35.9 Å². The van der Waals surface area contributed by atoms with Gasteiger partial charge in [0.1, 0.15) is 0 Å². The molecule has 0 aliphatic rings. The summed E-state index contributed by atoms with van der Waals surface area (Å²) in [7, 11) is 3.82. The van der Waals surface area contributed by atoms with Crippen molar-refractivity contribution in [1.82, 2.24) is 15.2 Å². The van der Waals surface area contributed by atoms with E-state index in [0.717, 1.165) is 18.9 Å². The highest BCUT2D eigenvalue weighted by molar-refractivity contribution is 5.35. The molecule has 0 radical (unpaired) electrons. The van der Waals surface area contributed by atoms with Gasteiger partial charge in [-0.3, -0.25) is 4.98 Å². The minimum Gasteiger partial charge on any atom is -0.358 e. The Labute approximate surface area is 101 Å². The predicted molar refractivity (Wildman–Crippen MR) is 69.3 cm³/mol. The molecule has 5 heteroatoms. The number of anilines is 2. The van der Waals surface area contributed by atoms with Gasteiger partial charge in [-0.15, -0.1) is 10.2 Å². The number of hydrogen-bond donors (Lipinski definition) is 2. The Morgan fingerprint density at radius 2 is 2.00 bits per heavy atom. The molecular formula is C12H17N5. The maximum absolute atomic E-state index is 4.06. The molecule has 2 aromatic rings. The van der Waals surface area contributed by atoms with Crippen LogP contribution >= 0.6 is 0 Å². The van der Waals surface area contributed by atoms with Crippen molar-refractivity contribution in [2.75, 3.05) is 30.9 Å². The number of likely N-dealkylation sites (N-methyl/N-ethyl adjacent to an activating group) is 1. The number of hydrogen-bond acceptors (Lipinski definition) is 4. The molecule has 1 heterocycles. The van der Waals surface area contributed by atoms with Crippen LogP contribution in [-0.4, -0.2) is 35.8 Å². The van der Waals surface area contributed by atoms with Gasteiger partial charge in [0, 0.05) is 20.6 Å². The van der Waals surface area contributed by atoms with E-state index in [1.165, 1.54) is 5.56 Å². The first-order chi connectivity index (χ1) is 8.29. The van der Waals surface area contributed by atoms with Crippen LogP contribution in [0.5, 0.6) is 0 Å². The van der Waals surface area contributed by atoms with Crippen LogP contribution in [0.4, 0.5) is 11.9 Å². The predicted octanol–water partition coefficient (Wildman–Crippen LogP) is 1.53. The molecule has 0 spiro atoms. The minimum atomic E-state index is 0.687. The van der Waals surface area contributed by atoms with Gasteiger partial charge in [-0.2, -0.15) is 0 Å². The van der Waals surface area contributed by atoms with Crippen molar-refractivity contribution in [3.63, 3.8) is 0 Å². The fraction of sp³-hybridized carbons (Fsp3) is 0.333. The van der Waals surface area contributed by atoms with Gasteiger partial charge in [-0.25, -0.2) is 0 Å². The Kier molecular flexibility index (Phi) is 3.59. The van der Waals surface area contributed by atoms with Crippen molar-refractivity contribution < 1.29 is 0 Å². The summed E-state index contributed by atoms with van der Waals surface area (Å²) in [5.74, 6) is 1.47. The van der Waals surface area contributed by atoms with Crippen LogP contribution in [0.15, 0.2) is 30.3 Å². The molecule has 90 valence electrons. The van der Waals surface area contributed by atoms with E-state index >= 15 is 0 Å². The van der Waals surface area contributed by atoms with Gasteiger partial charge >= 0.3 is 0 Å². The number of H-pyrrole nitrogens is 1. The van der Waals surface area contributed by atoms with Gasteiger partial charge in [0.2, 0.25) is 11.9 Å². The molecule has 1 aromatic carbocycles. The molecule has 0 saturated carbocycles. The molecule has 2 rings (SSSR count). The maximum atomic E-state index is 4.06. The molecule has 0 fully saturated rings. The number of nitrogens with one attached hydrogen (secondary N) is 2. The van der Waals surface area contributed by atoms with Crippen LogP contribution < -0.4 is 10.2 Å². The van der Waals surface area contributed by atoms with Crippen LogP contribution in [0.3, 0.4) is 0 Å². The number of aromatic amines is 1. The Balaban J connectivity index is 1.91. The fourth-order valence-corrected chi connectivity index (χ4v) is 1.58. The first kappa shape index (κ1) is 11.4. The summed E-state index contributed by atoms with van der Waals surface area (Å²) in [6, 6.07) is 10.4. The van der Waals surface area contributed by atoms with E-state index in [4.69, 9.17) is 0 Å². The molecule has 5 nitrogen and oxygen atoms in total. The lowest BCUT2D eigenvalue weighted by Gasteiger charge is -2.14. The molecule has 0 atom stereocenters. The van der Waals surface area contributed by atoms with Crippen LogP contribution in [0.25, 0.3) is 0 Å². The van der Waals surface area contributed by atoms with Crippen LogP contribution in [0.2, 0.25) is 0 Å². The summed E-state index contributed by atoms with van der Waals surface area (Å²) in [5.41, 5.74) is 1.33. The van der Waals surface area contributed by atoms with Gasteiger partial charge < -0.3 is 10.2 Å². The van der Waals surface area contributed by atoms with Crippen molar-refractivity contribution in [2.45, 2.75) is 6.42 Å². The van der Waals surface area contributed by atoms with Gasteiger partial charge in [-0.05, 0) is 12.0 Å². The van der Waals surface area contributed by atoms with Gasteiger partial charge in [0.15, 0.2) is 0 Å². The maximum Gasteiger partial charge on any atom is 0.225 e. The summed E-state index contributed by atoms with van der Waals surface area (Å²) >= 11 is 0. The van der Waals surface area contributed by atoms with Gasteiger partial charge in [-0.1, -0.05) is 30.3 Å². The van der Waals surface area contributed by atoms with Crippen LogP contribution in [0.1, 0.15) is 5.56 Å². The topological polar surface area (TPSA) is 56.8 Å². The first-order valence-electron chi connectivity index (χ1n) is 5.65. The summed E-state index contributed by atoms with van der Waals surface area (Å²) in [4.78, 5) is 5.15. The number of nitrogens with zero attached hydrogens (tertiary/aromatic N) is 3. The highest BCUT2D eigenvalue weighted by Gasteiger charge is 2.06. The second-order valence-corrected chi connectivity index (χ2v) is 3.90. The van der Waals surface area contributed by atoms with Crippen LogP contribution in [0, 0.1) is 0 Å². The number of rotatable bonds is 5. The average molecular weight is 231 g/mol. The third kappa shape index (κ3) is 2.96. The summed E-state index contributed by atoms with van der Waals surface area (Å²) in [6.45, 7) is 0.905. The molecule has 2 N–H and O–H groups in total. The van der Waals surface area contributed by atoms with E-state index in [9.17, 15) is 0 Å². The molecule has 1 aromatic heterocycles. The Bertz CT molecular complexity index is 451. The Hall–Kier alpha value is -2.04. The zero-order valence-electron chi connectivity index (χ0n) is 10.1. The molecule has 17 heavy (non-hydrogen) atoms. The molecular weight excluding hydrogens is 214 g/mol. The van der Waals surface area contributed by atoms with Gasteiger partial charge in [0.05, 0.1) is 0 Å². The SMILES string of the molecule is CNc1nnc(N(C)CCc2ccccc2)[nH]1. The summed E-state index contributed by atoms with van der Waals surface area (Å²) in [6.07, 6.45) is 0.993. The van der Waals surface area contributed by atoms with E-state index in [1.54, 1.807) is 0 Å². The van der Waals surface area contributed by atoms with E-state index < -0.39 is 0 Å². The molecule has 0 unspecified atom stereocenters. The van der Waals surface area contributed by atoms with Crippen molar-refractivity contribution >= 4 is 11.9 Å². The van der Waals surface area contributed by atoms with E-state index in [2.05, 4.69) is 49.7 Å². The lowest BCUT2D eigenvalue weighted by atomic mass is 10.1. The quantitative estimate of drug-likeness (QED) is 0.819. The first-order valence-corrected chi connectivity index (χ1v) is 5.65. The largest absolute Gasteiger partial charge is 0.358 e. The molecule has 0 saturated heterocycles. The molecule has 0 amide bonds. The monoisotopic (exact) mass is 231 g/mol. The number of benzene rings is 1. The standard InChI is InChI=1S/C12H17N5/c1-13-11-14-12(16-15-11)17(2)9-8-10-6-4-3-5-7-10/h3-7H,8-9H2,1-2H3,(H2,13,14,15,16).